The average molecular weight is 492 g/mol. The summed E-state index contributed by atoms with van der Waals surface area (Å²) >= 11 is 4.34. The molecule has 1 aromatic carbocycles. The summed E-state index contributed by atoms with van der Waals surface area (Å²) in [5, 5.41) is 5.68. The highest BCUT2D eigenvalue weighted by molar-refractivity contribution is 7.80. The normalized spacial score (nSPS) is 19.1. The molecule has 0 saturated heterocycles. The van der Waals surface area contributed by atoms with E-state index in [0.717, 1.165) is 36.0 Å². The molecule has 0 heterocycles. The summed E-state index contributed by atoms with van der Waals surface area (Å²) in [4.78, 5) is 41.4. The van der Waals surface area contributed by atoms with Crippen molar-refractivity contribution in [1.29, 1.82) is 0 Å². The van der Waals surface area contributed by atoms with Crippen molar-refractivity contribution in [2.75, 3.05) is 12.3 Å². The Hall–Kier alpha value is -2.22. The molecule has 34 heavy (non-hydrogen) atoms. The van der Waals surface area contributed by atoms with Crippen LogP contribution in [0, 0.1) is 19.8 Å². The number of hydrogen-bond donors (Lipinski definition) is 3. The van der Waals surface area contributed by atoms with Gasteiger partial charge in [0.1, 0.15) is 17.7 Å². The second-order valence-electron chi connectivity index (χ2n) is 10.4. The van der Waals surface area contributed by atoms with E-state index in [2.05, 4.69) is 37.1 Å². The van der Waals surface area contributed by atoms with E-state index < -0.39 is 23.8 Å². The van der Waals surface area contributed by atoms with Crippen molar-refractivity contribution in [3.63, 3.8) is 0 Å². The lowest BCUT2D eigenvalue weighted by Crippen LogP contribution is -2.54. The molecule has 0 bridgehead atoms. The molecule has 1 saturated carbocycles. The molecular formula is C26H41N3O4S. The maximum absolute atomic E-state index is 13.8. The van der Waals surface area contributed by atoms with E-state index in [0.29, 0.717) is 6.54 Å². The van der Waals surface area contributed by atoms with Crippen molar-refractivity contribution in [3.05, 3.63) is 34.9 Å². The predicted molar refractivity (Wildman–Crippen MR) is 138 cm³/mol. The number of hydrogen-bond acceptors (Lipinski definition) is 5. The molecule has 0 aromatic heterocycles. The molecule has 1 aromatic rings. The smallest absolute Gasteiger partial charge is 0.408 e. The van der Waals surface area contributed by atoms with E-state index in [1.165, 1.54) is 0 Å². The Kier molecular flexibility index (Phi) is 9.85. The number of rotatable bonds is 10. The standard InChI is InChI=1S/C26H41N3O4S/c1-8-9-10-27-23(30)22(19-12-16(2)11-17(3)13-19)29(21-14-18(21)4)24(31)20(15-34)28-25(32)33-26(5,6)7/h11-13,18,20-22,34H,8-10,14-15H2,1-7H3,(H,27,30)(H,28,32). The Bertz CT molecular complexity index is 863. The maximum atomic E-state index is 13.8. The molecule has 4 unspecified atom stereocenters. The number of amides is 3. The molecule has 8 heteroatoms. The fraction of sp³-hybridized carbons (Fsp3) is 0.654. The van der Waals surface area contributed by atoms with Gasteiger partial charge < -0.3 is 20.3 Å². The summed E-state index contributed by atoms with van der Waals surface area (Å²) in [7, 11) is 0. The van der Waals surface area contributed by atoms with Gasteiger partial charge in [-0.05, 0) is 58.9 Å². The lowest BCUT2D eigenvalue weighted by Gasteiger charge is -2.35. The summed E-state index contributed by atoms with van der Waals surface area (Å²) in [6, 6.07) is 4.17. The summed E-state index contributed by atoms with van der Waals surface area (Å²) in [5.41, 5.74) is 2.12. The van der Waals surface area contributed by atoms with Crippen LogP contribution >= 0.6 is 12.6 Å². The van der Waals surface area contributed by atoms with Crippen LogP contribution in [0.3, 0.4) is 0 Å². The zero-order valence-corrected chi connectivity index (χ0v) is 22.5. The highest BCUT2D eigenvalue weighted by Crippen LogP contribution is 2.41. The molecule has 1 aliphatic rings. The van der Waals surface area contributed by atoms with Crippen LogP contribution < -0.4 is 10.6 Å². The summed E-state index contributed by atoms with van der Waals surface area (Å²) in [6.45, 7) is 13.9. The summed E-state index contributed by atoms with van der Waals surface area (Å²) in [6.07, 6.45) is 1.94. The Labute approximate surface area is 209 Å². The first-order valence-electron chi connectivity index (χ1n) is 12.2. The molecule has 3 amide bonds. The van der Waals surface area contributed by atoms with Gasteiger partial charge in [-0.2, -0.15) is 12.6 Å². The lowest BCUT2D eigenvalue weighted by molar-refractivity contribution is -0.143. The molecule has 4 atom stereocenters. The van der Waals surface area contributed by atoms with E-state index in [4.69, 9.17) is 4.74 Å². The number of ether oxygens (including phenoxy) is 1. The van der Waals surface area contributed by atoms with Gasteiger partial charge in [-0.3, -0.25) is 9.59 Å². The van der Waals surface area contributed by atoms with Crippen LogP contribution in [0.15, 0.2) is 18.2 Å². The van der Waals surface area contributed by atoms with Gasteiger partial charge in [0, 0.05) is 18.3 Å². The number of carbonyl (C=O) groups is 3. The molecule has 0 aliphatic heterocycles. The minimum absolute atomic E-state index is 0.0851. The Morgan fingerprint density at radius 1 is 1.18 bits per heavy atom. The van der Waals surface area contributed by atoms with E-state index in [1.807, 2.05) is 32.0 Å². The van der Waals surface area contributed by atoms with Crippen LogP contribution in [0.2, 0.25) is 0 Å². The third-order valence-corrected chi connectivity index (χ3v) is 6.13. The van der Waals surface area contributed by atoms with Gasteiger partial charge in [0.25, 0.3) is 0 Å². The topological polar surface area (TPSA) is 87.7 Å². The van der Waals surface area contributed by atoms with Crippen molar-refractivity contribution in [2.45, 2.75) is 91.5 Å². The fourth-order valence-corrected chi connectivity index (χ4v) is 4.33. The van der Waals surface area contributed by atoms with Gasteiger partial charge in [-0.1, -0.05) is 49.6 Å². The third-order valence-electron chi connectivity index (χ3n) is 5.77. The Balaban J connectivity index is 2.43. The number of carbonyl (C=O) groups excluding carboxylic acids is 3. The van der Waals surface area contributed by atoms with Crippen LogP contribution in [0.5, 0.6) is 0 Å². The minimum atomic E-state index is -0.914. The highest BCUT2D eigenvalue weighted by Gasteiger charge is 2.48. The van der Waals surface area contributed by atoms with Crippen LogP contribution in [-0.4, -0.2) is 52.8 Å². The first kappa shape index (κ1) is 28.0. The number of thiol groups is 1. The van der Waals surface area contributed by atoms with Gasteiger partial charge in [-0.25, -0.2) is 4.79 Å². The molecule has 1 fully saturated rings. The fourth-order valence-electron chi connectivity index (χ4n) is 4.08. The van der Waals surface area contributed by atoms with Gasteiger partial charge >= 0.3 is 6.09 Å². The number of nitrogens with zero attached hydrogens (tertiary/aromatic N) is 1. The van der Waals surface area contributed by atoms with Crippen molar-refractivity contribution < 1.29 is 19.1 Å². The summed E-state index contributed by atoms with van der Waals surface area (Å²) in [5.74, 6) is -0.179. The SMILES string of the molecule is CCCCNC(=O)C(c1cc(C)cc(C)c1)N(C(=O)C(CS)NC(=O)OC(C)(C)C)C1CC1C. The average Bonchev–Trinajstić information content (AvgIpc) is 3.43. The van der Waals surface area contributed by atoms with Gasteiger partial charge in [0.2, 0.25) is 11.8 Å². The second-order valence-corrected chi connectivity index (χ2v) is 10.7. The molecular weight excluding hydrogens is 450 g/mol. The van der Waals surface area contributed by atoms with Crippen molar-refractivity contribution in [1.82, 2.24) is 15.5 Å². The molecule has 1 aliphatic carbocycles. The first-order valence-corrected chi connectivity index (χ1v) is 12.8. The Morgan fingerprint density at radius 3 is 2.24 bits per heavy atom. The zero-order chi connectivity index (χ0) is 25.6. The number of benzene rings is 1. The van der Waals surface area contributed by atoms with Crippen molar-refractivity contribution in [3.8, 4) is 0 Å². The van der Waals surface area contributed by atoms with Crippen molar-refractivity contribution >= 4 is 30.5 Å². The van der Waals surface area contributed by atoms with Crippen molar-refractivity contribution in [2.24, 2.45) is 5.92 Å². The molecule has 2 rings (SSSR count). The quantitative estimate of drug-likeness (QED) is 0.336. The van der Waals surface area contributed by atoms with Gasteiger partial charge in [0.15, 0.2) is 0 Å². The molecule has 2 N–H and O–H groups in total. The summed E-state index contributed by atoms with van der Waals surface area (Å²) < 4.78 is 5.35. The minimum Gasteiger partial charge on any atom is -0.444 e. The first-order chi connectivity index (χ1) is 15.9. The lowest BCUT2D eigenvalue weighted by atomic mass is 9.98. The van der Waals surface area contributed by atoms with Gasteiger partial charge in [0.05, 0.1) is 0 Å². The molecule has 0 spiro atoms. The third kappa shape index (κ3) is 7.93. The monoisotopic (exact) mass is 491 g/mol. The largest absolute Gasteiger partial charge is 0.444 e. The number of aryl methyl sites for hydroxylation is 2. The van der Waals surface area contributed by atoms with E-state index in [9.17, 15) is 14.4 Å². The van der Waals surface area contributed by atoms with E-state index in [-0.39, 0.29) is 29.5 Å². The second kappa shape index (κ2) is 12.0. The molecule has 7 nitrogen and oxygen atoms in total. The molecule has 190 valence electrons. The van der Waals surface area contributed by atoms with E-state index in [1.54, 1.807) is 25.7 Å². The number of nitrogens with one attached hydrogen (secondary N) is 2. The van der Waals surface area contributed by atoms with Gasteiger partial charge in [-0.15, -0.1) is 0 Å². The number of unbranched alkanes of at least 4 members (excludes halogenated alkanes) is 1. The van der Waals surface area contributed by atoms with Crippen LogP contribution in [-0.2, 0) is 14.3 Å². The maximum Gasteiger partial charge on any atom is 0.408 e. The highest BCUT2D eigenvalue weighted by atomic mass is 32.1. The number of alkyl carbamates (subject to hydrolysis) is 1. The van der Waals surface area contributed by atoms with Crippen LogP contribution in [0.25, 0.3) is 0 Å². The predicted octanol–water partition coefficient (Wildman–Crippen LogP) is 4.32. The zero-order valence-electron chi connectivity index (χ0n) is 21.6. The Morgan fingerprint density at radius 2 is 1.76 bits per heavy atom. The van der Waals surface area contributed by atoms with E-state index >= 15 is 0 Å². The van der Waals surface area contributed by atoms with Crippen LogP contribution in [0.1, 0.15) is 76.6 Å². The van der Waals surface area contributed by atoms with Crippen LogP contribution in [0.4, 0.5) is 4.79 Å². The molecule has 0 radical (unpaired) electrons.